The number of carbonyl (C=O) groups is 1. The van der Waals surface area contributed by atoms with E-state index in [4.69, 9.17) is 4.74 Å². The first-order chi connectivity index (χ1) is 13.8. The molecule has 3 saturated carbocycles. The summed E-state index contributed by atoms with van der Waals surface area (Å²) in [4.78, 5) is 12.1. The highest BCUT2D eigenvalue weighted by Gasteiger charge is 2.61. The number of hydrogen-bond acceptors (Lipinski definition) is 2. The van der Waals surface area contributed by atoms with E-state index in [1.165, 1.54) is 31.2 Å². The van der Waals surface area contributed by atoms with Crippen LogP contribution in [0.25, 0.3) is 0 Å². The molecule has 1 amide bonds. The lowest BCUT2D eigenvalue weighted by Gasteiger charge is -2.61. The van der Waals surface area contributed by atoms with Gasteiger partial charge in [0, 0.05) is 12.5 Å². The second-order valence-electron chi connectivity index (χ2n) is 11.3. The summed E-state index contributed by atoms with van der Waals surface area (Å²) in [6, 6.07) is 8.93. The summed E-state index contributed by atoms with van der Waals surface area (Å²) in [6.45, 7) is 9.60. The largest absolute Gasteiger partial charge is 0.490 e. The highest BCUT2D eigenvalue weighted by atomic mass is 16.5. The van der Waals surface area contributed by atoms with Crippen molar-refractivity contribution in [1.29, 1.82) is 0 Å². The van der Waals surface area contributed by atoms with Crippen molar-refractivity contribution >= 4 is 5.91 Å². The number of hydrogen-bond donors (Lipinski definition) is 1. The average Bonchev–Trinajstić information content (AvgIpc) is 3.01. The van der Waals surface area contributed by atoms with Gasteiger partial charge in [-0.15, -0.1) is 0 Å². The fraction of sp³-hybridized carbons (Fsp3) is 0.731. The minimum atomic E-state index is 0.270. The molecule has 8 atom stereocenters. The number of rotatable bonds is 2. The average molecular weight is 396 g/mol. The maximum Gasteiger partial charge on any atom is 0.220 e. The molecule has 158 valence electrons. The molecule has 8 unspecified atom stereocenters. The minimum Gasteiger partial charge on any atom is -0.490 e. The summed E-state index contributed by atoms with van der Waals surface area (Å²) in [7, 11) is 0. The van der Waals surface area contributed by atoms with Gasteiger partial charge in [0.2, 0.25) is 5.91 Å². The maximum absolute atomic E-state index is 12.1. The Morgan fingerprint density at radius 1 is 1.07 bits per heavy atom. The van der Waals surface area contributed by atoms with Gasteiger partial charge in [0.05, 0.1) is 6.10 Å². The van der Waals surface area contributed by atoms with Crippen molar-refractivity contribution in [3.05, 3.63) is 29.8 Å². The van der Waals surface area contributed by atoms with Crippen molar-refractivity contribution < 1.29 is 9.53 Å². The fourth-order valence-corrected chi connectivity index (χ4v) is 7.94. The smallest absolute Gasteiger partial charge is 0.220 e. The van der Waals surface area contributed by atoms with Crippen molar-refractivity contribution in [2.24, 2.45) is 34.5 Å². The molecule has 4 aliphatic rings. The van der Waals surface area contributed by atoms with E-state index >= 15 is 0 Å². The molecule has 0 radical (unpaired) electrons. The molecule has 29 heavy (non-hydrogen) atoms. The van der Waals surface area contributed by atoms with Crippen LogP contribution in [0.4, 0.5) is 0 Å². The van der Waals surface area contributed by atoms with Crippen LogP contribution < -0.4 is 10.1 Å². The van der Waals surface area contributed by atoms with E-state index in [1.807, 2.05) is 0 Å². The van der Waals surface area contributed by atoms with Crippen LogP contribution in [0.5, 0.6) is 5.75 Å². The number of fused-ring (bicyclic) bond motifs is 5. The molecule has 3 heteroatoms. The number of amides is 1. The van der Waals surface area contributed by atoms with Gasteiger partial charge in [0.1, 0.15) is 5.75 Å². The van der Waals surface area contributed by atoms with Gasteiger partial charge >= 0.3 is 0 Å². The van der Waals surface area contributed by atoms with Crippen molar-refractivity contribution in [3.63, 3.8) is 0 Å². The topological polar surface area (TPSA) is 38.3 Å². The van der Waals surface area contributed by atoms with E-state index in [0.29, 0.717) is 29.9 Å². The third kappa shape index (κ3) is 3.11. The van der Waals surface area contributed by atoms with Gasteiger partial charge in [-0.3, -0.25) is 4.79 Å². The van der Waals surface area contributed by atoms with Gasteiger partial charge in [0.15, 0.2) is 0 Å². The molecule has 0 aromatic heterocycles. The quantitative estimate of drug-likeness (QED) is 0.717. The summed E-state index contributed by atoms with van der Waals surface area (Å²) in [6.07, 6.45) is 8.31. The second-order valence-corrected chi connectivity index (χ2v) is 11.3. The fourth-order valence-electron chi connectivity index (χ4n) is 7.94. The van der Waals surface area contributed by atoms with Crippen LogP contribution in [0.15, 0.2) is 24.3 Å². The van der Waals surface area contributed by atoms with Gasteiger partial charge < -0.3 is 10.1 Å². The van der Waals surface area contributed by atoms with Crippen LogP contribution in [0, 0.1) is 41.4 Å². The van der Waals surface area contributed by atoms with Crippen LogP contribution in [0.1, 0.15) is 71.3 Å². The third-order valence-electron chi connectivity index (χ3n) is 9.52. The first kappa shape index (κ1) is 19.5. The predicted octanol–water partition coefficient (Wildman–Crippen LogP) is 5.51. The zero-order valence-electron chi connectivity index (χ0n) is 18.5. The molecule has 4 fully saturated rings. The van der Waals surface area contributed by atoms with Crippen LogP contribution in [-0.2, 0) is 4.79 Å². The summed E-state index contributed by atoms with van der Waals surface area (Å²) in [5, 5.41) is 3.37. The first-order valence-corrected chi connectivity index (χ1v) is 11.8. The Kier molecular flexibility index (Phi) is 4.53. The number of ether oxygens (including phenoxy) is 1. The molecule has 1 aromatic rings. The molecule has 1 saturated heterocycles. The standard InChI is InChI=1S/C26H37NO2/c1-16-5-7-18(8-6-16)29-19-14-21-24-17(2)13-22-26(4,12-10-23(28)27-22)20(24)9-11-25(21,3)15-19/h5-8,17,19-22,24H,9-15H2,1-4H3,(H,27,28). The Bertz CT molecular complexity index is 788. The van der Waals surface area contributed by atoms with E-state index in [1.54, 1.807) is 0 Å². The molecule has 3 aliphatic carbocycles. The lowest BCUT2D eigenvalue weighted by atomic mass is 9.45. The number of aryl methyl sites for hydroxylation is 1. The van der Waals surface area contributed by atoms with Crippen LogP contribution in [0.2, 0.25) is 0 Å². The van der Waals surface area contributed by atoms with Crippen molar-refractivity contribution in [3.8, 4) is 5.75 Å². The maximum atomic E-state index is 12.1. The molecular formula is C26H37NO2. The Balaban J connectivity index is 1.38. The first-order valence-electron chi connectivity index (χ1n) is 11.8. The minimum absolute atomic E-state index is 0.270. The molecule has 1 N–H and O–H groups in total. The Hall–Kier alpha value is -1.51. The Morgan fingerprint density at radius 2 is 1.83 bits per heavy atom. The SMILES string of the molecule is Cc1ccc(OC2CC3C4C(C)CC5NC(=O)CCC5(C)C4CCC3(C)C2)cc1. The normalized spacial score (nSPS) is 46.3. The van der Waals surface area contributed by atoms with Gasteiger partial charge in [-0.2, -0.15) is 0 Å². The summed E-state index contributed by atoms with van der Waals surface area (Å²) in [5.74, 6) is 4.25. The monoisotopic (exact) mass is 395 g/mol. The second kappa shape index (κ2) is 6.75. The summed E-state index contributed by atoms with van der Waals surface area (Å²) < 4.78 is 6.49. The molecule has 3 nitrogen and oxygen atoms in total. The molecule has 1 aromatic carbocycles. The lowest BCUT2D eigenvalue weighted by molar-refractivity contribution is -0.141. The van der Waals surface area contributed by atoms with Crippen LogP contribution in [-0.4, -0.2) is 18.1 Å². The lowest BCUT2D eigenvalue weighted by Crippen LogP contribution is -2.62. The van der Waals surface area contributed by atoms with Crippen LogP contribution >= 0.6 is 0 Å². The Morgan fingerprint density at radius 3 is 2.59 bits per heavy atom. The molecule has 1 aliphatic heterocycles. The summed E-state index contributed by atoms with van der Waals surface area (Å²) in [5.41, 5.74) is 1.97. The number of nitrogens with one attached hydrogen (secondary N) is 1. The summed E-state index contributed by atoms with van der Waals surface area (Å²) >= 11 is 0. The van der Waals surface area contributed by atoms with E-state index in [-0.39, 0.29) is 11.3 Å². The van der Waals surface area contributed by atoms with E-state index in [0.717, 1.165) is 36.3 Å². The van der Waals surface area contributed by atoms with Crippen molar-refractivity contribution in [2.75, 3.05) is 0 Å². The van der Waals surface area contributed by atoms with Crippen molar-refractivity contribution in [1.82, 2.24) is 5.32 Å². The highest BCUT2D eigenvalue weighted by Crippen LogP contribution is 2.65. The van der Waals surface area contributed by atoms with Crippen molar-refractivity contribution in [2.45, 2.75) is 84.8 Å². The molecule has 1 heterocycles. The van der Waals surface area contributed by atoms with E-state index in [2.05, 4.69) is 57.3 Å². The van der Waals surface area contributed by atoms with Gasteiger partial charge in [-0.05, 0) is 92.1 Å². The molecule has 5 rings (SSSR count). The molecule has 0 bridgehead atoms. The number of carbonyl (C=O) groups excluding carboxylic acids is 1. The van der Waals surface area contributed by atoms with Gasteiger partial charge in [-0.1, -0.05) is 38.5 Å². The number of piperidine rings is 1. The van der Waals surface area contributed by atoms with Crippen LogP contribution in [0.3, 0.4) is 0 Å². The van der Waals surface area contributed by atoms with Gasteiger partial charge in [-0.25, -0.2) is 0 Å². The van der Waals surface area contributed by atoms with E-state index in [9.17, 15) is 4.79 Å². The zero-order chi connectivity index (χ0) is 20.4. The molecule has 0 spiro atoms. The van der Waals surface area contributed by atoms with Gasteiger partial charge in [0.25, 0.3) is 0 Å². The number of benzene rings is 1. The van der Waals surface area contributed by atoms with E-state index < -0.39 is 0 Å². The molecular weight excluding hydrogens is 358 g/mol. The predicted molar refractivity (Wildman–Crippen MR) is 116 cm³/mol. The Labute approximate surface area is 176 Å². The zero-order valence-corrected chi connectivity index (χ0v) is 18.5. The third-order valence-corrected chi connectivity index (χ3v) is 9.52. The highest BCUT2D eigenvalue weighted by molar-refractivity contribution is 5.77.